The van der Waals surface area contributed by atoms with Crippen LogP contribution in [0.3, 0.4) is 0 Å². The molecule has 68 valence electrons. The number of methoxy groups -OCH3 is 1. The number of ether oxygens (including phenoxy) is 1. The first-order chi connectivity index (χ1) is 6.33. The van der Waals surface area contributed by atoms with Gasteiger partial charge >= 0.3 is 0 Å². The van der Waals surface area contributed by atoms with Gasteiger partial charge in [-0.1, -0.05) is 11.8 Å². The third kappa shape index (κ3) is 3.64. The number of phenols is 1. The summed E-state index contributed by atoms with van der Waals surface area (Å²) in [5.41, 5.74) is 0.911. The topological polar surface area (TPSA) is 29.5 Å². The zero-order valence-electron chi connectivity index (χ0n) is 7.58. The lowest BCUT2D eigenvalue weighted by molar-refractivity contribution is 0.206. The summed E-state index contributed by atoms with van der Waals surface area (Å²) in [6.07, 6.45) is 0.734. The van der Waals surface area contributed by atoms with Crippen LogP contribution in [0.2, 0.25) is 0 Å². The first kappa shape index (κ1) is 9.63. The highest BCUT2D eigenvalue weighted by atomic mass is 16.5. The summed E-state index contributed by atoms with van der Waals surface area (Å²) in [6, 6.07) is 6.82. The van der Waals surface area contributed by atoms with Gasteiger partial charge in [-0.05, 0) is 24.3 Å². The maximum atomic E-state index is 9.00. The Morgan fingerprint density at radius 1 is 1.31 bits per heavy atom. The highest BCUT2D eigenvalue weighted by molar-refractivity contribution is 5.37. The van der Waals surface area contributed by atoms with Gasteiger partial charge in [0, 0.05) is 19.1 Å². The summed E-state index contributed by atoms with van der Waals surface area (Å²) < 4.78 is 4.86. The van der Waals surface area contributed by atoms with Gasteiger partial charge in [0.05, 0.1) is 6.61 Å². The molecule has 0 unspecified atom stereocenters. The van der Waals surface area contributed by atoms with Gasteiger partial charge in [-0.3, -0.25) is 0 Å². The van der Waals surface area contributed by atoms with E-state index in [4.69, 9.17) is 9.84 Å². The van der Waals surface area contributed by atoms with Crippen LogP contribution in [0.1, 0.15) is 12.0 Å². The van der Waals surface area contributed by atoms with Gasteiger partial charge in [-0.15, -0.1) is 0 Å². The molecule has 2 heteroatoms. The van der Waals surface area contributed by atoms with Crippen molar-refractivity contribution in [2.75, 3.05) is 13.7 Å². The molecule has 2 nitrogen and oxygen atoms in total. The van der Waals surface area contributed by atoms with Gasteiger partial charge < -0.3 is 9.84 Å². The zero-order valence-corrected chi connectivity index (χ0v) is 7.58. The van der Waals surface area contributed by atoms with Crippen LogP contribution in [0.15, 0.2) is 24.3 Å². The Labute approximate surface area is 78.2 Å². The SMILES string of the molecule is COCCC#Cc1ccc(O)cc1. The van der Waals surface area contributed by atoms with E-state index in [-0.39, 0.29) is 5.75 Å². The quantitative estimate of drug-likeness (QED) is 0.549. The van der Waals surface area contributed by atoms with Crippen molar-refractivity contribution in [1.82, 2.24) is 0 Å². The van der Waals surface area contributed by atoms with E-state index in [1.165, 1.54) is 0 Å². The Morgan fingerprint density at radius 2 is 2.00 bits per heavy atom. The van der Waals surface area contributed by atoms with Crippen LogP contribution in [0.25, 0.3) is 0 Å². The van der Waals surface area contributed by atoms with Crippen LogP contribution >= 0.6 is 0 Å². The lowest BCUT2D eigenvalue weighted by Crippen LogP contribution is -1.84. The van der Waals surface area contributed by atoms with Crippen LogP contribution in [0.4, 0.5) is 0 Å². The van der Waals surface area contributed by atoms with Crippen LogP contribution < -0.4 is 0 Å². The molecule has 1 aromatic rings. The fraction of sp³-hybridized carbons (Fsp3) is 0.273. The average Bonchev–Trinajstić information content (AvgIpc) is 2.15. The molecule has 1 rings (SSSR count). The molecule has 0 aliphatic carbocycles. The van der Waals surface area contributed by atoms with Gasteiger partial charge in [0.25, 0.3) is 0 Å². The molecule has 0 saturated heterocycles. The smallest absolute Gasteiger partial charge is 0.115 e. The van der Waals surface area contributed by atoms with Crippen LogP contribution in [-0.4, -0.2) is 18.8 Å². The molecule has 1 aromatic carbocycles. The van der Waals surface area contributed by atoms with Crippen molar-refractivity contribution in [2.45, 2.75) is 6.42 Å². The van der Waals surface area contributed by atoms with Gasteiger partial charge in [-0.25, -0.2) is 0 Å². The number of hydrogen-bond donors (Lipinski definition) is 1. The number of aromatic hydroxyl groups is 1. The van der Waals surface area contributed by atoms with E-state index < -0.39 is 0 Å². The van der Waals surface area contributed by atoms with Crippen molar-refractivity contribution < 1.29 is 9.84 Å². The molecule has 0 bridgehead atoms. The number of benzene rings is 1. The van der Waals surface area contributed by atoms with Crippen molar-refractivity contribution in [3.8, 4) is 17.6 Å². The molecule has 0 atom stereocenters. The predicted molar refractivity (Wildman–Crippen MR) is 51.5 cm³/mol. The van der Waals surface area contributed by atoms with Crippen molar-refractivity contribution in [1.29, 1.82) is 0 Å². The Kier molecular flexibility index (Phi) is 3.87. The summed E-state index contributed by atoms with van der Waals surface area (Å²) in [5.74, 6) is 6.20. The normalized spacial score (nSPS) is 9.00. The fourth-order valence-corrected chi connectivity index (χ4v) is 0.862. The first-order valence-electron chi connectivity index (χ1n) is 4.10. The summed E-state index contributed by atoms with van der Waals surface area (Å²) in [4.78, 5) is 0. The van der Waals surface area contributed by atoms with Crippen LogP contribution in [0, 0.1) is 11.8 Å². The molecular formula is C11H12O2. The average molecular weight is 176 g/mol. The Bertz CT molecular complexity index is 303. The second-order valence-electron chi connectivity index (χ2n) is 2.59. The minimum Gasteiger partial charge on any atom is -0.508 e. The third-order valence-corrected chi connectivity index (χ3v) is 1.53. The summed E-state index contributed by atoms with van der Waals surface area (Å²) in [7, 11) is 1.65. The largest absolute Gasteiger partial charge is 0.508 e. The summed E-state index contributed by atoms with van der Waals surface area (Å²) >= 11 is 0. The van der Waals surface area contributed by atoms with Gasteiger partial charge in [0.1, 0.15) is 5.75 Å². The molecule has 0 amide bonds. The minimum absolute atomic E-state index is 0.266. The van der Waals surface area contributed by atoms with Crippen molar-refractivity contribution in [3.05, 3.63) is 29.8 Å². The summed E-state index contributed by atoms with van der Waals surface area (Å²) in [6.45, 7) is 0.658. The van der Waals surface area contributed by atoms with Crippen molar-refractivity contribution >= 4 is 0 Å². The number of rotatable bonds is 2. The minimum atomic E-state index is 0.266. The molecule has 0 aliphatic rings. The highest BCUT2D eigenvalue weighted by Crippen LogP contribution is 2.08. The highest BCUT2D eigenvalue weighted by Gasteiger charge is 1.86. The molecule has 0 radical (unpaired) electrons. The lowest BCUT2D eigenvalue weighted by atomic mass is 10.2. The van der Waals surface area contributed by atoms with Crippen LogP contribution in [-0.2, 0) is 4.74 Å². The van der Waals surface area contributed by atoms with E-state index in [0.29, 0.717) is 6.61 Å². The van der Waals surface area contributed by atoms with E-state index in [0.717, 1.165) is 12.0 Å². The number of hydrogen-bond acceptors (Lipinski definition) is 2. The standard InChI is InChI=1S/C11H12O2/c1-13-9-3-2-4-10-5-7-11(12)8-6-10/h5-8,12H,3,9H2,1H3. The van der Waals surface area contributed by atoms with E-state index in [9.17, 15) is 0 Å². The molecular weight excluding hydrogens is 164 g/mol. The number of phenolic OH excluding ortho intramolecular Hbond substituents is 1. The predicted octanol–water partition coefficient (Wildman–Crippen LogP) is 1.78. The summed E-state index contributed by atoms with van der Waals surface area (Å²) in [5, 5.41) is 9.00. The van der Waals surface area contributed by atoms with Crippen LogP contribution in [0.5, 0.6) is 5.75 Å². The molecule has 0 saturated carbocycles. The van der Waals surface area contributed by atoms with Gasteiger partial charge in [0.15, 0.2) is 0 Å². The fourth-order valence-electron chi connectivity index (χ4n) is 0.862. The Morgan fingerprint density at radius 3 is 2.62 bits per heavy atom. The second-order valence-corrected chi connectivity index (χ2v) is 2.59. The molecule has 0 aromatic heterocycles. The van der Waals surface area contributed by atoms with E-state index in [1.54, 1.807) is 31.4 Å². The molecule has 0 fully saturated rings. The molecule has 0 aliphatic heterocycles. The van der Waals surface area contributed by atoms with Crippen molar-refractivity contribution in [2.24, 2.45) is 0 Å². The molecule has 0 heterocycles. The molecule has 1 N–H and O–H groups in total. The van der Waals surface area contributed by atoms with E-state index in [2.05, 4.69) is 11.8 Å². The molecule has 0 spiro atoms. The zero-order chi connectivity index (χ0) is 9.52. The lowest BCUT2D eigenvalue weighted by Gasteiger charge is -1.91. The maximum Gasteiger partial charge on any atom is 0.115 e. The third-order valence-electron chi connectivity index (χ3n) is 1.53. The monoisotopic (exact) mass is 176 g/mol. The van der Waals surface area contributed by atoms with E-state index in [1.807, 2.05) is 0 Å². The first-order valence-corrected chi connectivity index (χ1v) is 4.10. The molecule has 13 heavy (non-hydrogen) atoms. The Hall–Kier alpha value is -1.46. The van der Waals surface area contributed by atoms with E-state index >= 15 is 0 Å². The maximum absolute atomic E-state index is 9.00. The Balaban J connectivity index is 2.52. The van der Waals surface area contributed by atoms with Gasteiger partial charge in [-0.2, -0.15) is 0 Å². The second kappa shape index (κ2) is 5.23. The van der Waals surface area contributed by atoms with Crippen molar-refractivity contribution in [3.63, 3.8) is 0 Å². The van der Waals surface area contributed by atoms with Gasteiger partial charge in [0.2, 0.25) is 0 Å².